The number of hydrogen-bond donors (Lipinski definition) is 0. The van der Waals surface area contributed by atoms with Crippen LogP contribution in [0.4, 0.5) is 0 Å². The standard InChI is InChI=1S/C15H26N2O4S/c1-12-9-14(12)15(18)16-4-2-3-13(10-16)11-22(19,20)17-5-7-21-8-6-17/h12-14H,2-11H2,1H3/t12-,13+,14-/m1/s1. The van der Waals surface area contributed by atoms with Crippen molar-refractivity contribution in [2.45, 2.75) is 26.2 Å². The Bertz CT molecular complexity index is 516. The van der Waals surface area contributed by atoms with E-state index in [0.29, 0.717) is 38.8 Å². The Balaban J connectivity index is 1.56. The highest BCUT2D eigenvalue weighted by molar-refractivity contribution is 7.89. The van der Waals surface area contributed by atoms with Crippen LogP contribution >= 0.6 is 0 Å². The maximum atomic E-state index is 12.5. The van der Waals surface area contributed by atoms with Crippen LogP contribution in [0.15, 0.2) is 0 Å². The van der Waals surface area contributed by atoms with Gasteiger partial charge in [0.05, 0.1) is 19.0 Å². The van der Waals surface area contributed by atoms with Crippen LogP contribution in [0, 0.1) is 17.8 Å². The van der Waals surface area contributed by atoms with Gasteiger partial charge in [0.2, 0.25) is 15.9 Å². The minimum Gasteiger partial charge on any atom is -0.379 e. The molecule has 0 aromatic heterocycles. The minimum atomic E-state index is -3.23. The van der Waals surface area contributed by atoms with E-state index in [2.05, 4.69) is 6.92 Å². The van der Waals surface area contributed by atoms with Gasteiger partial charge in [-0.1, -0.05) is 6.92 Å². The van der Waals surface area contributed by atoms with Gasteiger partial charge >= 0.3 is 0 Å². The Morgan fingerprint density at radius 2 is 1.91 bits per heavy atom. The summed E-state index contributed by atoms with van der Waals surface area (Å²) in [6.07, 6.45) is 2.80. The van der Waals surface area contributed by atoms with Crippen LogP contribution in [0.1, 0.15) is 26.2 Å². The summed E-state index contributed by atoms with van der Waals surface area (Å²) >= 11 is 0. The van der Waals surface area contributed by atoms with Crippen LogP contribution in [-0.4, -0.2) is 68.7 Å². The molecule has 2 saturated heterocycles. The van der Waals surface area contributed by atoms with E-state index in [1.165, 1.54) is 0 Å². The van der Waals surface area contributed by atoms with Crippen LogP contribution in [0.5, 0.6) is 0 Å². The fourth-order valence-electron chi connectivity index (χ4n) is 3.53. The third kappa shape index (κ3) is 3.63. The molecule has 0 unspecified atom stereocenters. The molecule has 0 aromatic rings. The fourth-order valence-corrected chi connectivity index (χ4v) is 5.31. The second-order valence-corrected chi connectivity index (χ2v) is 8.92. The van der Waals surface area contributed by atoms with Crippen molar-refractivity contribution in [3.05, 3.63) is 0 Å². The summed E-state index contributed by atoms with van der Waals surface area (Å²) in [5, 5.41) is 0. The maximum Gasteiger partial charge on any atom is 0.225 e. The van der Waals surface area contributed by atoms with E-state index in [-0.39, 0.29) is 23.5 Å². The maximum absolute atomic E-state index is 12.5. The van der Waals surface area contributed by atoms with Crippen LogP contribution in [-0.2, 0) is 19.6 Å². The number of rotatable bonds is 4. The molecular weight excluding hydrogens is 304 g/mol. The first-order valence-electron chi connectivity index (χ1n) is 8.32. The van der Waals surface area contributed by atoms with Gasteiger partial charge < -0.3 is 9.64 Å². The Morgan fingerprint density at radius 1 is 1.23 bits per heavy atom. The molecule has 2 aliphatic heterocycles. The predicted molar refractivity (Wildman–Crippen MR) is 82.8 cm³/mol. The number of piperidine rings is 1. The molecule has 3 atom stereocenters. The second kappa shape index (κ2) is 6.45. The molecular formula is C15H26N2O4S. The highest BCUT2D eigenvalue weighted by Crippen LogP contribution is 2.39. The predicted octanol–water partition coefficient (Wildman–Crippen LogP) is 0.543. The van der Waals surface area contributed by atoms with Gasteiger partial charge in [-0.05, 0) is 31.1 Å². The number of amides is 1. The number of hydrogen-bond acceptors (Lipinski definition) is 4. The van der Waals surface area contributed by atoms with Gasteiger partial charge in [0.1, 0.15) is 0 Å². The van der Waals surface area contributed by atoms with Crippen LogP contribution in [0.3, 0.4) is 0 Å². The fraction of sp³-hybridized carbons (Fsp3) is 0.933. The minimum absolute atomic E-state index is 0.0691. The van der Waals surface area contributed by atoms with Crippen molar-refractivity contribution in [1.29, 1.82) is 0 Å². The number of nitrogens with zero attached hydrogens (tertiary/aromatic N) is 2. The Hall–Kier alpha value is -0.660. The van der Waals surface area contributed by atoms with Gasteiger partial charge in [0.15, 0.2) is 0 Å². The molecule has 3 fully saturated rings. The topological polar surface area (TPSA) is 66.9 Å². The molecule has 126 valence electrons. The normalized spacial score (nSPS) is 33.7. The van der Waals surface area contributed by atoms with Crippen molar-refractivity contribution in [1.82, 2.24) is 9.21 Å². The zero-order valence-corrected chi connectivity index (χ0v) is 14.1. The summed E-state index contributed by atoms with van der Waals surface area (Å²) in [5.41, 5.74) is 0. The number of sulfonamides is 1. The lowest BCUT2D eigenvalue weighted by atomic mass is 9.99. The first-order chi connectivity index (χ1) is 10.5. The van der Waals surface area contributed by atoms with Gasteiger partial charge in [-0.25, -0.2) is 8.42 Å². The molecule has 3 aliphatic rings. The summed E-state index contributed by atoms with van der Waals surface area (Å²) in [6.45, 7) is 5.37. The number of morpholine rings is 1. The SMILES string of the molecule is C[C@@H]1C[C@H]1C(=O)N1CCC[C@H](CS(=O)(=O)N2CCOCC2)C1. The smallest absolute Gasteiger partial charge is 0.225 e. The molecule has 1 amide bonds. The average Bonchev–Trinajstić information content (AvgIpc) is 3.24. The molecule has 6 nitrogen and oxygen atoms in total. The van der Waals surface area contributed by atoms with Gasteiger partial charge in [-0.2, -0.15) is 4.31 Å². The molecule has 0 radical (unpaired) electrons. The largest absolute Gasteiger partial charge is 0.379 e. The van der Waals surface area contributed by atoms with Crippen LogP contribution in [0.25, 0.3) is 0 Å². The van der Waals surface area contributed by atoms with E-state index in [4.69, 9.17) is 4.74 Å². The van der Waals surface area contributed by atoms with Gasteiger partial charge in [0, 0.05) is 32.1 Å². The van der Waals surface area contributed by atoms with E-state index in [9.17, 15) is 13.2 Å². The van der Waals surface area contributed by atoms with E-state index in [0.717, 1.165) is 25.8 Å². The first-order valence-corrected chi connectivity index (χ1v) is 9.92. The lowest BCUT2D eigenvalue weighted by Crippen LogP contribution is -2.46. The van der Waals surface area contributed by atoms with Gasteiger partial charge in [0.25, 0.3) is 0 Å². The number of ether oxygens (including phenoxy) is 1. The van der Waals surface area contributed by atoms with Crippen molar-refractivity contribution < 1.29 is 17.9 Å². The summed E-state index contributed by atoms with van der Waals surface area (Å²) in [7, 11) is -3.23. The van der Waals surface area contributed by atoms with Crippen LogP contribution in [0.2, 0.25) is 0 Å². The summed E-state index contributed by atoms with van der Waals surface area (Å²) in [6, 6.07) is 0. The highest BCUT2D eigenvalue weighted by atomic mass is 32.2. The molecule has 2 heterocycles. The molecule has 0 aromatic carbocycles. The molecule has 0 spiro atoms. The molecule has 1 saturated carbocycles. The van der Waals surface area contributed by atoms with Gasteiger partial charge in [-0.15, -0.1) is 0 Å². The Morgan fingerprint density at radius 3 is 2.55 bits per heavy atom. The molecule has 0 N–H and O–H groups in total. The lowest BCUT2D eigenvalue weighted by molar-refractivity contribution is -0.134. The van der Waals surface area contributed by atoms with Crippen molar-refractivity contribution in [2.75, 3.05) is 45.1 Å². The van der Waals surface area contributed by atoms with Crippen LogP contribution < -0.4 is 0 Å². The third-order valence-electron chi connectivity index (χ3n) is 5.07. The van der Waals surface area contributed by atoms with E-state index < -0.39 is 10.0 Å². The average molecular weight is 330 g/mol. The number of likely N-dealkylation sites (tertiary alicyclic amines) is 1. The summed E-state index contributed by atoms with van der Waals surface area (Å²) < 4.78 is 31.8. The zero-order valence-electron chi connectivity index (χ0n) is 13.2. The molecule has 22 heavy (non-hydrogen) atoms. The lowest BCUT2D eigenvalue weighted by Gasteiger charge is -2.34. The van der Waals surface area contributed by atoms with E-state index >= 15 is 0 Å². The van der Waals surface area contributed by atoms with Crippen molar-refractivity contribution in [3.8, 4) is 0 Å². The molecule has 7 heteroatoms. The second-order valence-electron chi connectivity index (χ2n) is 6.90. The van der Waals surface area contributed by atoms with Gasteiger partial charge in [-0.3, -0.25) is 4.79 Å². The third-order valence-corrected chi connectivity index (χ3v) is 7.11. The first kappa shape index (κ1) is 16.2. The quantitative estimate of drug-likeness (QED) is 0.755. The van der Waals surface area contributed by atoms with Crippen molar-refractivity contribution in [3.63, 3.8) is 0 Å². The zero-order chi connectivity index (χ0) is 15.7. The van der Waals surface area contributed by atoms with Crippen molar-refractivity contribution >= 4 is 15.9 Å². The summed E-state index contributed by atoms with van der Waals surface area (Å²) in [5.74, 6) is 1.16. The molecule has 3 rings (SSSR count). The van der Waals surface area contributed by atoms with Crippen molar-refractivity contribution in [2.24, 2.45) is 17.8 Å². The monoisotopic (exact) mass is 330 g/mol. The Labute approximate surface area is 132 Å². The highest BCUT2D eigenvalue weighted by Gasteiger charge is 2.42. The van der Waals surface area contributed by atoms with E-state index in [1.807, 2.05) is 4.90 Å². The van der Waals surface area contributed by atoms with E-state index in [1.54, 1.807) is 4.31 Å². The Kier molecular flexibility index (Phi) is 4.75. The molecule has 1 aliphatic carbocycles. The molecule has 0 bridgehead atoms. The summed E-state index contributed by atoms with van der Waals surface area (Å²) in [4.78, 5) is 14.2. The number of carbonyl (C=O) groups excluding carboxylic acids is 1. The number of carbonyl (C=O) groups is 1.